The Bertz CT molecular complexity index is 423. The largest absolute Gasteiger partial charge is 0.523 e. The molecule has 14 heteroatoms. The van der Waals surface area contributed by atoms with Gasteiger partial charge >= 0.3 is 33.6 Å². The van der Waals surface area contributed by atoms with Crippen LogP contribution >= 0.6 is 0 Å². The van der Waals surface area contributed by atoms with Crippen molar-refractivity contribution in [1.82, 2.24) is 0 Å². The average molecular weight is 332 g/mol. The lowest BCUT2D eigenvalue weighted by Gasteiger charge is -2.30. The summed E-state index contributed by atoms with van der Waals surface area (Å²) in [6.07, 6.45) is -6.81. The molecular weight excluding hydrogens is 330 g/mol. The highest BCUT2D eigenvalue weighted by Crippen LogP contribution is 2.48. The molecular formula is C5H2F10O3S. The van der Waals surface area contributed by atoms with Crippen molar-refractivity contribution < 1.29 is 56.5 Å². The van der Waals surface area contributed by atoms with Gasteiger partial charge in [-0.1, -0.05) is 0 Å². The molecule has 116 valence electrons. The Balaban J connectivity index is 5.55. The molecule has 0 N–H and O–H groups in total. The molecule has 0 heterocycles. The summed E-state index contributed by atoms with van der Waals surface area (Å²) >= 11 is 0. The van der Waals surface area contributed by atoms with Gasteiger partial charge < -0.3 is 0 Å². The van der Waals surface area contributed by atoms with Crippen LogP contribution in [0.1, 0.15) is 0 Å². The molecule has 0 saturated heterocycles. The summed E-state index contributed by atoms with van der Waals surface area (Å²) in [5, 5.41) is 0. The van der Waals surface area contributed by atoms with E-state index in [1.807, 2.05) is 0 Å². The number of alkyl halides is 10. The van der Waals surface area contributed by atoms with Crippen LogP contribution in [0.2, 0.25) is 0 Å². The lowest BCUT2D eigenvalue weighted by Crippen LogP contribution is -2.57. The third-order valence-electron chi connectivity index (χ3n) is 1.49. The average Bonchev–Trinajstić information content (AvgIpc) is 2.13. The second-order valence-electron chi connectivity index (χ2n) is 2.91. The van der Waals surface area contributed by atoms with Crippen LogP contribution in [0.5, 0.6) is 0 Å². The third-order valence-corrected chi connectivity index (χ3v) is 2.49. The zero-order valence-electron chi connectivity index (χ0n) is 8.12. The molecule has 0 atom stereocenters. The van der Waals surface area contributed by atoms with Crippen molar-refractivity contribution in [3.8, 4) is 0 Å². The fraction of sp³-hybridized carbons (Fsp3) is 1.00. The van der Waals surface area contributed by atoms with Crippen molar-refractivity contribution in [2.24, 2.45) is 0 Å². The Hall–Kier alpha value is -0.790. The standard InChI is InChI=1S/C5H2F10O3S/c6-1-2(7,8)3(9,10)4(11,12)18-19(16,17)5(13,14)15/h1H2. The smallest absolute Gasteiger partial charge is 0.244 e. The van der Waals surface area contributed by atoms with Gasteiger partial charge in [0.25, 0.3) is 0 Å². The molecule has 0 unspecified atom stereocenters. The normalized spacial score (nSPS) is 15.7. The molecule has 3 nitrogen and oxygen atoms in total. The van der Waals surface area contributed by atoms with Crippen LogP contribution in [0.25, 0.3) is 0 Å². The number of hydrogen-bond acceptors (Lipinski definition) is 3. The summed E-state index contributed by atoms with van der Waals surface area (Å²) in [6.45, 7) is -3.38. The predicted molar refractivity (Wildman–Crippen MR) is 36.9 cm³/mol. The molecule has 0 aromatic carbocycles. The molecule has 0 aromatic heterocycles. The number of halogens is 10. The lowest BCUT2D eigenvalue weighted by atomic mass is 10.2. The van der Waals surface area contributed by atoms with Crippen molar-refractivity contribution in [2.75, 3.05) is 6.67 Å². The van der Waals surface area contributed by atoms with Gasteiger partial charge in [0.1, 0.15) is 0 Å². The van der Waals surface area contributed by atoms with E-state index in [1.54, 1.807) is 4.18 Å². The first-order chi connectivity index (χ1) is 8.02. The van der Waals surface area contributed by atoms with Crippen molar-refractivity contribution >= 4 is 10.1 Å². The van der Waals surface area contributed by atoms with Crippen LogP contribution in [0, 0.1) is 0 Å². The van der Waals surface area contributed by atoms with Gasteiger partial charge in [-0.25, -0.2) is 4.39 Å². The molecule has 0 bridgehead atoms. The summed E-state index contributed by atoms with van der Waals surface area (Å²) in [6, 6.07) is 0. The summed E-state index contributed by atoms with van der Waals surface area (Å²) in [7, 11) is -7.29. The Morgan fingerprint density at radius 2 is 1.21 bits per heavy atom. The molecule has 0 aliphatic heterocycles. The van der Waals surface area contributed by atoms with Crippen molar-refractivity contribution in [1.29, 1.82) is 0 Å². The van der Waals surface area contributed by atoms with Crippen molar-refractivity contribution in [3.63, 3.8) is 0 Å². The Morgan fingerprint density at radius 3 is 1.47 bits per heavy atom. The van der Waals surface area contributed by atoms with Gasteiger partial charge in [0, 0.05) is 0 Å². The molecule has 0 radical (unpaired) electrons. The first-order valence-corrected chi connectivity index (χ1v) is 5.14. The maximum atomic E-state index is 12.4. The molecule has 0 fully saturated rings. The maximum Gasteiger partial charge on any atom is 0.523 e. The SMILES string of the molecule is O=S(=O)(OC(F)(F)C(F)(F)C(F)(F)CF)C(F)(F)F. The van der Waals surface area contributed by atoms with Gasteiger partial charge in [-0.2, -0.15) is 52.1 Å². The zero-order valence-corrected chi connectivity index (χ0v) is 8.94. The molecule has 0 aromatic rings. The second-order valence-corrected chi connectivity index (χ2v) is 4.45. The predicted octanol–water partition coefficient (Wildman–Crippen LogP) is 2.69. The summed E-state index contributed by atoms with van der Waals surface area (Å²) in [5.74, 6) is -13.0. The molecule has 0 rings (SSSR count). The first kappa shape index (κ1) is 18.2. The van der Waals surface area contributed by atoms with Crippen LogP contribution < -0.4 is 0 Å². The van der Waals surface area contributed by atoms with Gasteiger partial charge in [-0.15, -0.1) is 0 Å². The maximum absolute atomic E-state index is 12.4. The Morgan fingerprint density at radius 1 is 0.842 bits per heavy atom. The Kier molecular flexibility index (Phi) is 4.45. The van der Waals surface area contributed by atoms with E-state index in [0.29, 0.717) is 0 Å². The first-order valence-electron chi connectivity index (χ1n) is 3.73. The van der Waals surface area contributed by atoms with Crippen LogP contribution in [-0.2, 0) is 14.3 Å². The molecule has 0 aliphatic rings. The molecule has 0 saturated carbocycles. The van der Waals surface area contributed by atoms with E-state index in [1.165, 1.54) is 0 Å². The molecule has 19 heavy (non-hydrogen) atoms. The highest BCUT2D eigenvalue weighted by Gasteiger charge is 2.75. The van der Waals surface area contributed by atoms with Gasteiger partial charge in [-0.05, 0) is 0 Å². The van der Waals surface area contributed by atoms with Crippen LogP contribution in [0.15, 0.2) is 0 Å². The second kappa shape index (κ2) is 4.64. The topological polar surface area (TPSA) is 43.4 Å². The number of hydrogen-bond donors (Lipinski definition) is 0. The van der Waals surface area contributed by atoms with E-state index >= 15 is 0 Å². The fourth-order valence-corrected chi connectivity index (χ4v) is 1.01. The van der Waals surface area contributed by atoms with Gasteiger partial charge in [0.05, 0.1) is 0 Å². The van der Waals surface area contributed by atoms with E-state index in [4.69, 9.17) is 0 Å². The fourth-order valence-electron chi connectivity index (χ4n) is 0.534. The third kappa shape index (κ3) is 3.21. The molecule has 0 amide bonds. The van der Waals surface area contributed by atoms with Crippen LogP contribution in [-0.4, -0.2) is 38.6 Å². The lowest BCUT2D eigenvalue weighted by molar-refractivity contribution is -0.374. The van der Waals surface area contributed by atoms with Gasteiger partial charge in [0.2, 0.25) is 0 Å². The minimum Gasteiger partial charge on any atom is -0.244 e. The highest BCUT2D eigenvalue weighted by molar-refractivity contribution is 7.87. The van der Waals surface area contributed by atoms with Gasteiger partial charge in [0.15, 0.2) is 6.67 Å². The minimum atomic E-state index is -7.29. The summed E-state index contributed by atoms with van der Waals surface area (Å²) < 4.78 is 142. The summed E-state index contributed by atoms with van der Waals surface area (Å²) in [4.78, 5) is 0. The van der Waals surface area contributed by atoms with E-state index in [-0.39, 0.29) is 0 Å². The monoisotopic (exact) mass is 332 g/mol. The van der Waals surface area contributed by atoms with E-state index < -0.39 is 40.3 Å². The molecule has 0 aliphatic carbocycles. The van der Waals surface area contributed by atoms with Crippen LogP contribution in [0.3, 0.4) is 0 Å². The van der Waals surface area contributed by atoms with E-state index in [0.717, 1.165) is 0 Å². The van der Waals surface area contributed by atoms with Gasteiger partial charge in [-0.3, -0.25) is 0 Å². The molecule has 0 spiro atoms. The van der Waals surface area contributed by atoms with Crippen molar-refractivity contribution in [3.05, 3.63) is 0 Å². The minimum absolute atomic E-state index is 1.76. The van der Waals surface area contributed by atoms with E-state index in [9.17, 15) is 52.3 Å². The number of rotatable bonds is 5. The highest BCUT2D eigenvalue weighted by atomic mass is 32.2. The summed E-state index contributed by atoms with van der Waals surface area (Å²) in [5.41, 5.74) is -6.56. The van der Waals surface area contributed by atoms with E-state index in [2.05, 4.69) is 0 Å². The Labute approximate surface area is 97.8 Å². The quantitative estimate of drug-likeness (QED) is 0.442. The zero-order chi connectivity index (χ0) is 15.9. The van der Waals surface area contributed by atoms with Crippen molar-refractivity contribution in [2.45, 2.75) is 23.5 Å². The van der Waals surface area contributed by atoms with Crippen LogP contribution in [0.4, 0.5) is 43.9 Å².